The van der Waals surface area contributed by atoms with Gasteiger partial charge in [-0.2, -0.15) is 5.10 Å². The molecule has 41 heavy (non-hydrogen) atoms. The molecule has 1 aliphatic carbocycles. The lowest BCUT2D eigenvalue weighted by Gasteiger charge is -2.37. The molecule has 10 heteroatoms. The highest BCUT2D eigenvalue weighted by Gasteiger charge is 2.38. The summed E-state index contributed by atoms with van der Waals surface area (Å²) in [6, 6.07) is 13.7. The number of carbonyl (C=O) groups excluding carboxylic acids is 1. The molecular weight excluding hydrogens is 518 g/mol. The SMILES string of the molecule is CC(C)n1cc(-c2cnc3c(c2)C(c2cc(C4(O)CCN(C(=O)OCc5ccccc5)CC4)nc(N)n2)=CC3)cn1. The van der Waals surface area contributed by atoms with E-state index in [0.717, 1.165) is 33.5 Å². The first-order chi connectivity index (χ1) is 19.8. The monoisotopic (exact) mass is 551 g/mol. The number of hydrogen-bond donors (Lipinski definition) is 2. The number of aromatic nitrogens is 5. The first kappa shape index (κ1) is 26.6. The number of nitrogen functional groups attached to an aromatic ring is 1. The number of hydrogen-bond acceptors (Lipinski definition) is 8. The van der Waals surface area contributed by atoms with E-state index in [4.69, 9.17) is 15.5 Å². The van der Waals surface area contributed by atoms with Crippen LogP contribution in [0, 0.1) is 0 Å². The Morgan fingerprint density at radius 2 is 1.88 bits per heavy atom. The molecule has 4 aromatic rings. The summed E-state index contributed by atoms with van der Waals surface area (Å²) in [5.74, 6) is 0.0901. The summed E-state index contributed by atoms with van der Waals surface area (Å²) in [5, 5.41) is 16.1. The number of piperidine rings is 1. The lowest BCUT2D eigenvalue weighted by molar-refractivity contribution is -0.0287. The number of likely N-dealkylation sites (tertiary alicyclic amines) is 1. The van der Waals surface area contributed by atoms with Crippen LogP contribution in [-0.4, -0.2) is 53.9 Å². The Bertz CT molecular complexity index is 1610. The van der Waals surface area contributed by atoms with E-state index in [1.807, 2.05) is 59.7 Å². The first-order valence-corrected chi connectivity index (χ1v) is 13.9. The third kappa shape index (κ3) is 5.43. The normalized spacial score (nSPS) is 16.0. The van der Waals surface area contributed by atoms with Crippen LogP contribution in [0.4, 0.5) is 10.7 Å². The van der Waals surface area contributed by atoms with Crippen molar-refractivity contribution in [1.82, 2.24) is 29.6 Å². The zero-order valence-corrected chi connectivity index (χ0v) is 23.2. The zero-order valence-electron chi connectivity index (χ0n) is 23.2. The maximum absolute atomic E-state index is 12.6. The number of allylic oxidation sites excluding steroid dienone is 1. The molecule has 1 amide bonds. The van der Waals surface area contributed by atoms with Gasteiger partial charge in [0.05, 0.1) is 23.3 Å². The number of aliphatic hydroxyl groups is 1. The Morgan fingerprint density at radius 1 is 1.10 bits per heavy atom. The van der Waals surface area contributed by atoms with Gasteiger partial charge in [0.2, 0.25) is 5.95 Å². The summed E-state index contributed by atoms with van der Waals surface area (Å²) in [6.07, 6.45) is 8.73. The summed E-state index contributed by atoms with van der Waals surface area (Å²) >= 11 is 0. The van der Waals surface area contributed by atoms with Crippen molar-refractivity contribution in [2.45, 2.75) is 51.4 Å². The topological polar surface area (TPSA) is 132 Å². The number of nitrogens with zero attached hydrogens (tertiary/aromatic N) is 6. The second-order valence-corrected chi connectivity index (χ2v) is 10.9. The second kappa shape index (κ2) is 10.8. The molecule has 0 atom stereocenters. The smallest absolute Gasteiger partial charge is 0.410 e. The summed E-state index contributed by atoms with van der Waals surface area (Å²) in [4.78, 5) is 27.9. The number of carbonyl (C=O) groups is 1. The van der Waals surface area contributed by atoms with Crippen LogP contribution in [0.1, 0.15) is 60.9 Å². The van der Waals surface area contributed by atoms with Gasteiger partial charge in [0.1, 0.15) is 12.2 Å². The van der Waals surface area contributed by atoms with E-state index in [-0.39, 0.29) is 18.6 Å². The van der Waals surface area contributed by atoms with Crippen LogP contribution in [0.25, 0.3) is 16.7 Å². The molecule has 2 aliphatic rings. The number of ether oxygens (including phenoxy) is 1. The van der Waals surface area contributed by atoms with Crippen molar-refractivity contribution in [2.24, 2.45) is 0 Å². The highest BCUT2D eigenvalue weighted by molar-refractivity contribution is 5.84. The van der Waals surface area contributed by atoms with Crippen molar-refractivity contribution < 1.29 is 14.6 Å². The minimum atomic E-state index is -1.24. The van der Waals surface area contributed by atoms with E-state index >= 15 is 0 Å². The van der Waals surface area contributed by atoms with Crippen molar-refractivity contribution in [1.29, 1.82) is 0 Å². The number of fused-ring (bicyclic) bond motifs is 1. The molecule has 0 spiro atoms. The average Bonchev–Trinajstić information content (AvgIpc) is 3.64. The highest BCUT2D eigenvalue weighted by atomic mass is 16.6. The third-order valence-electron chi connectivity index (χ3n) is 7.77. The Morgan fingerprint density at radius 3 is 2.61 bits per heavy atom. The molecule has 4 heterocycles. The molecule has 6 rings (SSSR count). The predicted octanol–water partition coefficient (Wildman–Crippen LogP) is 4.51. The number of amides is 1. The van der Waals surface area contributed by atoms with Gasteiger partial charge in [-0.05, 0) is 44.4 Å². The predicted molar refractivity (Wildman–Crippen MR) is 154 cm³/mol. The van der Waals surface area contributed by atoms with E-state index in [2.05, 4.69) is 41.1 Å². The number of pyridine rings is 1. The van der Waals surface area contributed by atoms with Crippen LogP contribution < -0.4 is 5.73 Å². The molecule has 210 valence electrons. The standard InChI is InChI=1S/C31H33N7O3/c1-20(2)38-18-23(17-34-38)22-14-25-24(8-9-26(25)33-16-22)27-15-28(36-29(32)35-27)31(40)10-12-37(13-11-31)30(39)41-19-21-6-4-3-5-7-21/h3-8,14-18,20,40H,9-13,19H2,1-2H3,(H2,32,35,36). The van der Waals surface area contributed by atoms with Gasteiger partial charge >= 0.3 is 6.09 Å². The molecule has 3 aromatic heterocycles. The first-order valence-electron chi connectivity index (χ1n) is 13.9. The van der Waals surface area contributed by atoms with Crippen LogP contribution >= 0.6 is 0 Å². The van der Waals surface area contributed by atoms with Crippen molar-refractivity contribution in [2.75, 3.05) is 18.8 Å². The van der Waals surface area contributed by atoms with Gasteiger partial charge in [-0.1, -0.05) is 36.4 Å². The quantitative estimate of drug-likeness (QED) is 0.358. The summed E-state index contributed by atoms with van der Waals surface area (Å²) in [5.41, 5.74) is 11.7. The van der Waals surface area contributed by atoms with Crippen molar-refractivity contribution in [3.63, 3.8) is 0 Å². The molecule has 0 bridgehead atoms. The maximum Gasteiger partial charge on any atom is 0.410 e. The maximum atomic E-state index is 12.6. The van der Waals surface area contributed by atoms with Crippen LogP contribution in [0.2, 0.25) is 0 Å². The van der Waals surface area contributed by atoms with Gasteiger partial charge in [0.15, 0.2) is 0 Å². The van der Waals surface area contributed by atoms with Crippen LogP contribution in [0.5, 0.6) is 0 Å². The number of nitrogens with two attached hydrogens (primary N) is 1. The lowest BCUT2D eigenvalue weighted by Crippen LogP contribution is -2.45. The van der Waals surface area contributed by atoms with Crippen molar-refractivity contribution in [3.8, 4) is 11.1 Å². The molecule has 1 aromatic carbocycles. The van der Waals surface area contributed by atoms with Crippen molar-refractivity contribution >= 4 is 17.6 Å². The molecule has 3 N–H and O–H groups in total. The van der Waals surface area contributed by atoms with Gasteiger partial charge in [0.25, 0.3) is 0 Å². The van der Waals surface area contributed by atoms with Crippen LogP contribution in [0.3, 0.4) is 0 Å². The zero-order chi connectivity index (χ0) is 28.6. The van der Waals surface area contributed by atoms with Gasteiger partial charge < -0.3 is 20.5 Å². The minimum Gasteiger partial charge on any atom is -0.445 e. The van der Waals surface area contributed by atoms with E-state index in [1.165, 1.54) is 0 Å². The Labute approximate surface area is 238 Å². The van der Waals surface area contributed by atoms with E-state index < -0.39 is 11.7 Å². The van der Waals surface area contributed by atoms with Crippen molar-refractivity contribution in [3.05, 3.63) is 95.3 Å². The fourth-order valence-corrected chi connectivity index (χ4v) is 5.34. The minimum absolute atomic E-state index is 0.0901. The Balaban J connectivity index is 1.19. The Kier molecular flexibility index (Phi) is 7.00. The average molecular weight is 552 g/mol. The highest BCUT2D eigenvalue weighted by Crippen LogP contribution is 2.37. The van der Waals surface area contributed by atoms with E-state index in [1.54, 1.807) is 4.90 Å². The van der Waals surface area contributed by atoms with Crippen LogP contribution in [-0.2, 0) is 23.4 Å². The molecule has 1 saturated heterocycles. The molecule has 0 saturated carbocycles. The van der Waals surface area contributed by atoms with Crippen LogP contribution in [0.15, 0.2) is 67.1 Å². The molecule has 0 radical (unpaired) electrons. The third-order valence-corrected chi connectivity index (χ3v) is 7.77. The fourth-order valence-electron chi connectivity index (χ4n) is 5.34. The molecule has 10 nitrogen and oxygen atoms in total. The number of benzene rings is 1. The van der Waals surface area contributed by atoms with E-state index in [0.29, 0.717) is 43.7 Å². The van der Waals surface area contributed by atoms with Gasteiger partial charge in [-0.25, -0.2) is 14.8 Å². The lowest BCUT2D eigenvalue weighted by atomic mass is 9.87. The summed E-state index contributed by atoms with van der Waals surface area (Å²) in [7, 11) is 0. The molecule has 1 fully saturated rings. The largest absolute Gasteiger partial charge is 0.445 e. The molecular formula is C31H33N7O3. The van der Waals surface area contributed by atoms with E-state index in [9.17, 15) is 9.90 Å². The number of rotatable bonds is 6. The summed E-state index contributed by atoms with van der Waals surface area (Å²) in [6.45, 7) is 5.06. The number of anilines is 1. The second-order valence-electron chi connectivity index (χ2n) is 10.9. The molecule has 0 unspecified atom stereocenters. The van der Waals surface area contributed by atoms with Gasteiger partial charge in [-0.15, -0.1) is 0 Å². The fraction of sp³-hybridized carbons (Fsp3) is 0.323. The molecule has 1 aliphatic heterocycles. The Hall–Kier alpha value is -4.57. The van der Waals surface area contributed by atoms with Gasteiger partial charge in [-0.3, -0.25) is 9.67 Å². The van der Waals surface area contributed by atoms with Gasteiger partial charge in [0, 0.05) is 60.2 Å². The summed E-state index contributed by atoms with van der Waals surface area (Å²) < 4.78 is 7.40.